The number of furan rings is 1. The molecule has 0 aliphatic heterocycles. The SMILES string of the molecule is C/C=C(/C)C(=O)O[C@H]1C[C@H]2Cc3occ(C)c3C[C@@]2(C)[C@@H](C)[C@@H]1OC(C)=O. The molecule has 0 N–H and O–H groups in total. The van der Waals surface area contributed by atoms with Gasteiger partial charge in [0.25, 0.3) is 0 Å². The average Bonchev–Trinajstić information content (AvgIpc) is 2.96. The monoisotopic (exact) mass is 374 g/mol. The molecule has 5 atom stereocenters. The number of aryl methyl sites for hydroxylation is 1. The highest BCUT2D eigenvalue weighted by atomic mass is 16.6. The van der Waals surface area contributed by atoms with Crippen molar-refractivity contribution >= 4 is 11.9 Å². The zero-order valence-corrected chi connectivity index (χ0v) is 17.1. The normalized spacial score (nSPS) is 33.0. The first kappa shape index (κ1) is 19.7. The average molecular weight is 374 g/mol. The van der Waals surface area contributed by atoms with Crippen LogP contribution in [0, 0.1) is 24.2 Å². The topological polar surface area (TPSA) is 65.7 Å². The van der Waals surface area contributed by atoms with Gasteiger partial charge in [0.15, 0.2) is 0 Å². The van der Waals surface area contributed by atoms with Crippen LogP contribution in [0.25, 0.3) is 0 Å². The molecule has 3 rings (SSSR count). The minimum atomic E-state index is -0.443. The van der Waals surface area contributed by atoms with Gasteiger partial charge in [0.1, 0.15) is 18.0 Å². The molecule has 1 saturated carbocycles. The Morgan fingerprint density at radius 3 is 2.63 bits per heavy atom. The van der Waals surface area contributed by atoms with E-state index in [-0.39, 0.29) is 23.3 Å². The number of carbonyl (C=O) groups excluding carboxylic acids is 2. The highest BCUT2D eigenvalue weighted by molar-refractivity contribution is 5.87. The summed E-state index contributed by atoms with van der Waals surface area (Å²) < 4.78 is 17.3. The molecule has 5 heteroatoms. The number of hydrogen-bond acceptors (Lipinski definition) is 5. The lowest BCUT2D eigenvalue weighted by Crippen LogP contribution is -2.56. The summed E-state index contributed by atoms with van der Waals surface area (Å²) in [7, 11) is 0. The molecule has 0 radical (unpaired) electrons. The van der Waals surface area contributed by atoms with Crippen molar-refractivity contribution < 1.29 is 23.5 Å². The maximum atomic E-state index is 12.4. The molecule has 5 nitrogen and oxygen atoms in total. The van der Waals surface area contributed by atoms with E-state index in [4.69, 9.17) is 13.9 Å². The molecule has 0 amide bonds. The molecule has 0 unspecified atom stereocenters. The fourth-order valence-electron chi connectivity index (χ4n) is 4.74. The zero-order valence-electron chi connectivity index (χ0n) is 17.1. The summed E-state index contributed by atoms with van der Waals surface area (Å²) in [5, 5.41) is 0. The molecule has 2 aliphatic carbocycles. The molecule has 1 aromatic heterocycles. The smallest absolute Gasteiger partial charge is 0.333 e. The van der Waals surface area contributed by atoms with Crippen molar-refractivity contribution in [2.24, 2.45) is 17.3 Å². The van der Waals surface area contributed by atoms with Crippen LogP contribution in [0.5, 0.6) is 0 Å². The third-order valence-corrected chi connectivity index (χ3v) is 6.84. The van der Waals surface area contributed by atoms with Crippen molar-refractivity contribution in [3.8, 4) is 0 Å². The minimum Gasteiger partial charge on any atom is -0.469 e. The molecule has 0 bridgehead atoms. The summed E-state index contributed by atoms with van der Waals surface area (Å²) in [6.07, 6.45) is 5.06. The summed E-state index contributed by atoms with van der Waals surface area (Å²) in [4.78, 5) is 24.1. The Kier molecular flexibility index (Phi) is 5.24. The van der Waals surface area contributed by atoms with E-state index in [1.54, 1.807) is 13.0 Å². The lowest BCUT2D eigenvalue weighted by Gasteiger charge is -2.53. The maximum absolute atomic E-state index is 12.4. The predicted molar refractivity (Wildman–Crippen MR) is 101 cm³/mol. The number of hydrogen-bond donors (Lipinski definition) is 0. The largest absolute Gasteiger partial charge is 0.469 e. The van der Waals surface area contributed by atoms with E-state index in [0.29, 0.717) is 17.9 Å². The van der Waals surface area contributed by atoms with Crippen LogP contribution in [0.2, 0.25) is 0 Å². The molecule has 1 heterocycles. The highest BCUT2D eigenvalue weighted by Gasteiger charge is 2.55. The summed E-state index contributed by atoms with van der Waals surface area (Å²) in [5.41, 5.74) is 2.98. The summed E-state index contributed by atoms with van der Waals surface area (Å²) in [6.45, 7) is 11.4. The first-order chi connectivity index (χ1) is 12.7. The molecule has 1 aromatic rings. The lowest BCUT2D eigenvalue weighted by atomic mass is 9.54. The van der Waals surface area contributed by atoms with Crippen LogP contribution in [-0.2, 0) is 31.9 Å². The van der Waals surface area contributed by atoms with Crippen LogP contribution in [0.15, 0.2) is 22.3 Å². The summed E-state index contributed by atoms with van der Waals surface area (Å²) >= 11 is 0. The van der Waals surface area contributed by atoms with E-state index < -0.39 is 12.2 Å². The molecule has 0 aromatic carbocycles. The van der Waals surface area contributed by atoms with Gasteiger partial charge in [-0.3, -0.25) is 4.79 Å². The molecule has 0 saturated heterocycles. The molecular formula is C22H30O5. The van der Waals surface area contributed by atoms with Gasteiger partial charge in [-0.1, -0.05) is 19.9 Å². The van der Waals surface area contributed by atoms with Gasteiger partial charge in [-0.25, -0.2) is 4.79 Å². The fraction of sp³-hybridized carbons (Fsp3) is 0.636. The Bertz CT molecular complexity index is 774. The second-order valence-corrected chi connectivity index (χ2v) is 8.42. The number of allylic oxidation sites excluding steroid dienone is 1. The van der Waals surface area contributed by atoms with Crippen LogP contribution in [0.1, 0.15) is 57.9 Å². The second kappa shape index (κ2) is 7.17. The van der Waals surface area contributed by atoms with E-state index >= 15 is 0 Å². The number of esters is 2. The number of ether oxygens (including phenoxy) is 2. The predicted octanol–water partition coefficient (Wildman–Crippen LogP) is 4.16. The van der Waals surface area contributed by atoms with Gasteiger partial charge in [-0.05, 0) is 56.1 Å². The zero-order chi connectivity index (χ0) is 19.9. The van der Waals surface area contributed by atoms with Crippen molar-refractivity contribution in [3.63, 3.8) is 0 Å². The number of carbonyl (C=O) groups is 2. The van der Waals surface area contributed by atoms with Gasteiger partial charge in [-0.15, -0.1) is 0 Å². The van der Waals surface area contributed by atoms with E-state index in [1.165, 1.54) is 18.1 Å². The van der Waals surface area contributed by atoms with Gasteiger partial charge < -0.3 is 13.9 Å². The standard InChI is InChI=1S/C22H30O5/c1-7-12(2)21(24)27-19-9-16-8-18-17(13(3)11-25-18)10-22(16,6)14(4)20(19)26-15(5)23/h7,11,14,16,19-20H,8-10H2,1-6H3/b12-7-/t14-,16+,19-,20-,22-/m0/s1. The van der Waals surface area contributed by atoms with E-state index in [9.17, 15) is 9.59 Å². The first-order valence-electron chi connectivity index (χ1n) is 9.74. The number of fused-ring (bicyclic) bond motifs is 2. The third-order valence-electron chi connectivity index (χ3n) is 6.84. The van der Waals surface area contributed by atoms with Gasteiger partial charge in [0.2, 0.25) is 0 Å². The van der Waals surface area contributed by atoms with Crippen molar-refractivity contribution in [2.45, 2.75) is 73.0 Å². The third kappa shape index (κ3) is 3.44. The van der Waals surface area contributed by atoms with Crippen molar-refractivity contribution in [2.75, 3.05) is 0 Å². The van der Waals surface area contributed by atoms with Gasteiger partial charge in [-0.2, -0.15) is 0 Å². The Balaban J connectivity index is 1.93. The van der Waals surface area contributed by atoms with Crippen LogP contribution in [0.3, 0.4) is 0 Å². The first-order valence-corrected chi connectivity index (χ1v) is 9.74. The fourth-order valence-corrected chi connectivity index (χ4v) is 4.74. The van der Waals surface area contributed by atoms with Crippen LogP contribution < -0.4 is 0 Å². The molecule has 148 valence electrons. The second-order valence-electron chi connectivity index (χ2n) is 8.42. The van der Waals surface area contributed by atoms with Crippen LogP contribution in [-0.4, -0.2) is 24.1 Å². The molecule has 1 fully saturated rings. The van der Waals surface area contributed by atoms with E-state index in [1.807, 2.05) is 13.2 Å². The minimum absolute atomic E-state index is 0.0414. The Labute approximate surface area is 161 Å². The molecular weight excluding hydrogens is 344 g/mol. The quantitative estimate of drug-likeness (QED) is 0.587. The van der Waals surface area contributed by atoms with Crippen LogP contribution >= 0.6 is 0 Å². The van der Waals surface area contributed by atoms with Gasteiger partial charge >= 0.3 is 11.9 Å². The lowest BCUT2D eigenvalue weighted by molar-refractivity contribution is -0.189. The van der Waals surface area contributed by atoms with Crippen molar-refractivity contribution in [1.82, 2.24) is 0 Å². The van der Waals surface area contributed by atoms with Crippen molar-refractivity contribution in [1.29, 1.82) is 0 Å². The Morgan fingerprint density at radius 1 is 1.30 bits per heavy atom. The summed E-state index contributed by atoms with van der Waals surface area (Å²) in [6, 6.07) is 0. The maximum Gasteiger partial charge on any atom is 0.333 e. The molecule has 27 heavy (non-hydrogen) atoms. The summed E-state index contributed by atoms with van der Waals surface area (Å²) in [5.74, 6) is 0.727. The number of rotatable bonds is 3. The van der Waals surface area contributed by atoms with Crippen LogP contribution in [0.4, 0.5) is 0 Å². The highest BCUT2D eigenvalue weighted by Crippen LogP contribution is 2.54. The van der Waals surface area contributed by atoms with E-state index in [0.717, 1.165) is 18.6 Å². The molecule has 0 spiro atoms. The van der Waals surface area contributed by atoms with Crippen molar-refractivity contribution in [3.05, 3.63) is 34.8 Å². The Morgan fingerprint density at radius 2 is 2.00 bits per heavy atom. The van der Waals surface area contributed by atoms with Gasteiger partial charge in [0.05, 0.1) is 6.26 Å². The van der Waals surface area contributed by atoms with E-state index in [2.05, 4.69) is 20.8 Å². The van der Waals surface area contributed by atoms with Gasteiger partial charge in [0, 0.05) is 24.8 Å². The Hall–Kier alpha value is -2.04. The molecule has 2 aliphatic rings.